The van der Waals surface area contributed by atoms with Crippen molar-refractivity contribution in [3.05, 3.63) is 29.3 Å². The van der Waals surface area contributed by atoms with Crippen LogP contribution in [-0.2, 0) is 12.8 Å². The molecule has 1 atom stereocenters. The molecule has 146 valence electrons. The maximum absolute atomic E-state index is 2.91. The van der Waals surface area contributed by atoms with Crippen LogP contribution in [0.1, 0.15) is 98.1 Å². The lowest BCUT2D eigenvalue weighted by atomic mass is 9.61. The van der Waals surface area contributed by atoms with Gasteiger partial charge < -0.3 is 4.90 Å². The topological polar surface area (TPSA) is 3.24 Å². The lowest BCUT2D eigenvalue weighted by Crippen LogP contribution is -2.53. The minimum atomic E-state index is 0.227. The molecule has 1 heterocycles. The highest BCUT2D eigenvalue weighted by Crippen LogP contribution is 2.60. The van der Waals surface area contributed by atoms with Crippen LogP contribution in [0.25, 0.3) is 0 Å². The third-order valence-electron chi connectivity index (χ3n) is 7.15. The first-order chi connectivity index (χ1) is 12.2. The molecule has 1 aliphatic heterocycles. The summed E-state index contributed by atoms with van der Waals surface area (Å²) in [5.74, 6) is 0. The molecule has 0 radical (unpaired) electrons. The number of aryl methyl sites for hydroxylation is 2. The number of nitrogens with zero attached hydrogens (tertiary/aromatic N) is 1. The van der Waals surface area contributed by atoms with Crippen molar-refractivity contribution < 1.29 is 0 Å². The van der Waals surface area contributed by atoms with Crippen molar-refractivity contribution in [1.29, 1.82) is 0 Å². The third kappa shape index (κ3) is 3.20. The monoisotopic (exact) mass is 355 g/mol. The molecule has 3 rings (SSSR count). The van der Waals surface area contributed by atoms with Crippen LogP contribution >= 0.6 is 0 Å². The Morgan fingerprint density at radius 2 is 1.50 bits per heavy atom. The van der Waals surface area contributed by atoms with Crippen molar-refractivity contribution in [2.45, 2.75) is 111 Å². The van der Waals surface area contributed by atoms with Gasteiger partial charge in [-0.15, -0.1) is 0 Å². The van der Waals surface area contributed by atoms with E-state index in [1.165, 1.54) is 38.5 Å². The molecule has 2 aliphatic rings. The second-order valence-corrected chi connectivity index (χ2v) is 10.7. The van der Waals surface area contributed by atoms with Crippen molar-refractivity contribution >= 4 is 5.69 Å². The first kappa shape index (κ1) is 19.8. The van der Waals surface area contributed by atoms with Gasteiger partial charge in [0.25, 0.3) is 0 Å². The fourth-order valence-corrected chi connectivity index (χ4v) is 6.64. The minimum Gasteiger partial charge on any atom is -0.362 e. The highest BCUT2D eigenvalue weighted by molar-refractivity contribution is 5.64. The molecule has 1 heteroatoms. The van der Waals surface area contributed by atoms with Gasteiger partial charge in [-0.1, -0.05) is 72.1 Å². The zero-order chi connectivity index (χ0) is 19.2. The Morgan fingerprint density at radius 3 is 1.96 bits per heavy atom. The van der Waals surface area contributed by atoms with Crippen LogP contribution in [0, 0.1) is 10.8 Å². The normalized spacial score (nSPS) is 25.0. The van der Waals surface area contributed by atoms with Gasteiger partial charge >= 0.3 is 0 Å². The first-order valence-electron chi connectivity index (χ1n) is 11.1. The molecule has 26 heavy (non-hydrogen) atoms. The Kier molecular flexibility index (Phi) is 5.23. The van der Waals surface area contributed by atoms with Gasteiger partial charge in [-0.25, -0.2) is 0 Å². The minimum absolute atomic E-state index is 0.227. The summed E-state index contributed by atoms with van der Waals surface area (Å²) in [4.78, 5) is 2.91. The van der Waals surface area contributed by atoms with Crippen LogP contribution in [0.15, 0.2) is 18.2 Å². The molecular weight excluding hydrogens is 314 g/mol. The van der Waals surface area contributed by atoms with E-state index in [9.17, 15) is 0 Å². The SMILES string of the molecule is CCc1cccc(CC)c1N1C(C(C)(C)C)C2(CCCCC2)CC1(C)C. The third-order valence-corrected chi connectivity index (χ3v) is 7.15. The number of hydrogen-bond donors (Lipinski definition) is 0. The Bertz CT molecular complexity index is 606. The first-order valence-corrected chi connectivity index (χ1v) is 11.1. The molecule has 1 saturated heterocycles. The second kappa shape index (κ2) is 6.88. The molecule has 1 spiro atoms. The summed E-state index contributed by atoms with van der Waals surface area (Å²) < 4.78 is 0. The molecule has 2 fully saturated rings. The van der Waals surface area contributed by atoms with Crippen LogP contribution in [0.4, 0.5) is 5.69 Å². The number of hydrogen-bond acceptors (Lipinski definition) is 1. The van der Waals surface area contributed by atoms with Gasteiger partial charge in [0.1, 0.15) is 0 Å². The highest BCUT2D eigenvalue weighted by Gasteiger charge is 2.59. The van der Waals surface area contributed by atoms with Gasteiger partial charge in [-0.3, -0.25) is 0 Å². The molecule has 0 amide bonds. The van der Waals surface area contributed by atoms with Crippen LogP contribution in [-0.4, -0.2) is 11.6 Å². The van der Waals surface area contributed by atoms with Crippen LogP contribution < -0.4 is 4.90 Å². The Morgan fingerprint density at radius 1 is 0.962 bits per heavy atom. The Hall–Kier alpha value is -0.980. The fourth-order valence-electron chi connectivity index (χ4n) is 6.64. The molecular formula is C25H41N. The van der Waals surface area contributed by atoms with E-state index in [1.807, 2.05) is 0 Å². The van der Waals surface area contributed by atoms with E-state index >= 15 is 0 Å². The maximum Gasteiger partial charge on any atom is 0.0438 e. The smallest absolute Gasteiger partial charge is 0.0438 e. The average molecular weight is 356 g/mol. The summed E-state index contributed by atoms with van der Waals surface area (Å²) >= 11 is 0. The Balaban J connectivity index is 2.21. The van der Waals surface area contributed by atoms with Gasteiger partial charge in [0.15, 0.2) is 0 Å². The molecule has 0 bridgehead atoms. The second-order valence-electron chi connectivity index (χ2n) is 10.7. The average Bonchev–Trinajstić information content (AvgIpc) is 2.80. The number of benzene rings is 1. The summed E-state index contributed by atoms with van der Waals surface area (Å²) in [5, 5.41) is 0. The Labute approximate surface area is 162 Å². The van der Waals surface area contributed by atoms with Gasteiger partial charge in [0, 0.05) is 17.3 Å². The van der Waals surface area contributed by atoms with Crippen LogP contribution in [0.2, 0.25) is 0 Å². The van der Waals surface area contributed by atoms with Crippen molar-refractivity contribution in [2.24, 2.45) is 10.8 Å². The van der Waals surface area contributed by atoms with Crippen molar-refractivity contribution in [2.75, 3.05) is 4.90 Å². The predicted octanol–water partition coefficient (Wildman–Crippen LogP) is 7.17. The molecule has 1 aromatic carbocycles. The fraction of sp³-hybridized carbons (Fsp3) is 0.760. The molecule has 1 unspecified atom stereocenters. The van der Waals surface area contributed by atoms with Gasteiger partial charge in [0.2, 0.25) is 0 Å². The van der Waals surface area contributed by atoms with E-state index < -0.39 is 0 Å². The number of anilines is 1. The van der Waals surface area contributed by atoms with Gasteiger partial charge in [-0.05, 0) is 67.9 Å². The summed E-state index contributed by atoms with van der Waals surface area (Å²) in [5.41, 5.74) is 5.66. The van der Waals surface area contributed by atoms with Crippen LogP contribution in [0.3, 0.4) is 0 Å². The zero-order valence-electron chi connectivity index (χ0n) is 18.4. The molecule has 1 aliphatic carbocycles. The summed E-state index contributed by atoms with van der Waals surface area (Å²) in [6, 6.07) is 7.64. The zero-order valence-corrected chi connectivity index (χ0v) is 18.4. The molecule has 1 aromatic rings. The van der Waals surface area contributed by atoms with Crippen molar-refractivity contribution in [3.8, 4) is 0 Å². The van der Waals surface area contributed by atoms with E-state index in [1.54, 1.807) is 16.8 Å². The van der Waals surface area contributed by atoms with Crippen molar-refractivity contribution in [1.82, 2.24) is 0 Å². The lowest BCUT2D eigenvalue weighted by molar-refractivity contribution is 0.102. The van der Waals surface area contributed by atoms with E-state index in [-0.39, 0.29) is 11.0 Å². The lowest BCUT2D eigenvalue weighted by Gasteiger charge is -2.50. The quantitative estimate of drug-likeness (QED) is 0.555. The standard InChI is InChI=1S/C25H41N/c1-8-19-14-13-15-20(9-2)21(19)26-22(23(3,4)5)25(18-24(26,6)7)16-11-10-12-17-25/h13-15,22H,8-12,16-18H2,1-7H3. The van der Waals surface area contributed by atoms with E-state index in [0.29, 0.717) is 11.5 Å². The van der Waals surface area contributed by atoms with E-state index in [4.69, 9.17) is 0 Å². The molecule has 0 aromatic heterocycles. The van der Waals surface area contributed by atoms with Crippen molar-refractivity contribution in [3.63, 3.8) is 0 Å². The number of para-hydroxylation sites is 1. The molecule has 1 nitrogen and oxygen atoms in total. The predicted molar refractivity (Wildman–Crippen MR) is 115 cm³/mol. The largest absolute Gasteiger partial charge is 0.362 e. The summed E-state index contributed by atoms with van der Waals surface area (Å²) in [6.07, 6.45) is 10.7. The van der Waals surface area contributed by atoms with Crippen LogP contribution in [0.5, 0.6) is 0 Å². The maximum atomic E-state index is 2.91. The van der Waals surface area contributed by atoms with Gasteiger partial charge in [-0.2, -0.15) is 0 Å². The summed E-state index contributed by atoms with van der Waals surface area (Å²) in [6.45, 7) is 17.1. The van der Waals surface area contributed by atoms with Gasteiger partial charge in [0.05, 0.1) is 0 Å². The van der Waals surface area contributed by atoms with E-state index in [2.05, 4.69) is 71.6 Å². The number of rotatable bonds is 3. The molecule has 1 saturated carbocycles. The highest BCUT2D eigenvalue weighted by atomic mass is 15.3. The summed E-state index contributed by atoms with van der Waals surface area (Å²) in [7, 11) is 0. The molecule has 0 N–H and O–H groups in total. The van der Waals surface area contributed by atoms with E-state index in [0.717, 1.165) is 12.8 Å².